The Kier molecular flexibility index (Phi) is 5.93. The van der Waals surface area contributed by atoms with Gasteiger partial charge >= 0.3 is 6.09 Å². The van der Waals surface area contributed by atoms with Crippen LogP contribution in [0.2, 0.25) is 0 Å². The summed E-state index contributed by atoms with van der Waals surface area (Å²) >= 11 is 0. The van der Waals surface area contributed by atoms with E-state index in [4.69, 9.17) is 9.84 Å². The van der Waals surface area contributed by atoms with Crippen LogP contribution in [-0.2, 0) is 14.3 Å². The molecule has 1 fully saturated rings. The fourth-order valence-corrected chi connectivity index (χ4v) is 3.28. The van der Waals surface area contributed by atoms with E-state index >= 15 is 0 Å². The number of aliphatic hydroxyl groups excluding tert-OH is 1. The molecule has 28 heavy (non-hydrogen) atoms. The second kappa shape index (κ2) is 8.39. The molecule has 1 aromatic rings. The first kappa shape index (κ1) is 19.8. The molecule has 0 aromatic heterocycles. The van der Waals surface area contributed by atoms with Crippen LogP contribution in [-0.4, -0.2) is 60.3 Å². The van der Waals surface area contributed by atoms with Gasteiger partial charge in [0.15, 0.2) is 0 Å². The van der Waals surface area contributed by atoms with Crippen molar-refractivity contribution in [1.82, 2.24) is 10.2 Å². The number of ether oxygens (including phenoxy) is 1. The minimum absolute atomic E-state index is 0.194. The number of nitrogens with one attached hydrogen (secondary N) is 1. The van der Waals surface area contributed by atoms with Gasteiger partial charge in [-0.05, 0) is 36.6 Å². The molecule has 2 aliphatic heterocycles. The number of cyclic esters (lactones) is 1. The fourth-order valence-electron chi connectivity index (χ4n) is 3.28. The summed E-state index contributed by atoms with van der Waals surface area (Å²) in [6.07, 6.45) is 1.74. The summed E-state index contributed by atoms with van der Waals surface area (Å²) in [5.74, 6) is -1.17. The van der Waals surface area contributed by atoms with E-state index in [9.17, 15) is 18.8 Å². The van der Waals surface area contributed by atoms with Crippen molar-refractivity contribution in [3.05, 3.63) is 35.8 Å². The molecule has 0 spiro atoms. The Labute approximate surface area is 161 Å². The number of benzene rings is 1. The predicted molar refractivity (Wildman–Crippen MR) is 98.7 cm³/mol. The number of carbonyl (C=O) groups excluding carboxylic acids is 3. The molecule has 2 N–H and O–H groups in total. The van der Waals surface area contributed by atoms with Crippen LogP contribution in [0.25, 0.3) is 5.57 Å². The number of aliphatic hydroxyl groups is 1. The smallest absolute Gasteiger partial charge is 0.414 e. The minimum atomic E-state index is -0.598. The molecule has 2 aliphatic rings. The SMILES string of the molecule is CC(=O)NCC1CN(c2ccc(C3=CN(C(=O)CO)CCC3)c(F)c2)C(=O)O1. The van der Waals surface area contributed by atoms with E-state index in [0.29, 0.717) is 36.2 Å². The van der Waals surface area contributed by atoms with Gasteiger partial charge in [0.2, 0.25) is 5.91 Å². The number of allylic oxidation sites excluding steroid dienone is 1. The molecule has 0 saturated carbocycles. The molecule has 0 aliphatic carbocycles. The molecular weight excluding hydrogens is 369 g/mol. The van der Waals surface area contributed by atoms with Gasteiger partial charge in [0.25, 0.3) is 5.91 Å². The van der Waals surface area contributed by atoms with Gasteiger partial charge in [-0.1, -0.05) is 0 Å². The third-order valence-corrected chi connectivity index (χ3v) is 4.68. The number of hydrogen-bond acceptors (Lipinski definition) is 5. The number of nitrogens with zero attached hydrogens (tertiary/aromatic N) is 2. The Balaban J connectivity index is 1.76. The number of hydrogen-bond donors (Lipinski definition) is 2. The van der Waals surface area contributed by atoms with Gasteiger partial charge in [-0.2, -0.15) is 0 Å². The van der Waals surface area contributed by atoms with Crippen LogP contribution in [0.3, 0.4) is 0 Å². The van der Waals surface area contributed by atoms with E-state index in [1.54, 1.807) is 18.3 Å². The molecule has 3 amide bonds. The van der Waals surface area contributed by atoms with E-state index in [-0.39, 0.29) is 19.0 Å². The van der Waals surface area contributed by atoms with E-state index in [0.717, 1.165) is 0 Å². The molecule has 0 bridgehead atoms. The molecule has 1 aromatic carbocycles. The van der Waals surface area contributed by atoms with Crippen LogP contribution in [0.15, 0.2) is 24.4 Å². The molecular formula is C19H22FN3O5. The van der Waals surface area contributed by atoms with E-state index in [2.05, 4.69) is 5.32 Å². The molecule has 1 atom stereocenters. The van der Waals surface area contributed by atoms with Gasteiger partial charge in [-0.15, -0.1) is 0 Å². The quantitative estimate of drug-likeness (QED) is 0.787. The summed E-state index contributed by atoms with van der Waals surface area (Å²) in [6.45, 7) is 1.66. The Hall–Kier alpha value is -2.94. The normalized spacial score (nSPS) is 19.3. The summed E-state index contributed by atoms with van der Waals surface area (Å²) in [5, 5.41) is 11.6. The maximum absolute atomic E-state index is 14.7. The third kappa shape index (κ3) is 4.30. The van der Waals surface area contributed by atoms with Gasteiger partial charge in [-0.25, -0.2) is 9.18 Å². The standard InChI is InChI=1S/C19H22FN3O5/c1-12(25)21-8-15-10-23(19(27)28-15)14-4-5-16(17(20)7-14)13-3-2-6-22(9-13)18(26)11-24/h4-5,7,9,15,24H,2-3,6,8,10-11H2,1H3,(H,21,25). The summed E-state index contributed by atoms with van der Waals surface area (Å²) in [4.78, 5) is 37.4. The molecule has 9 heteroatoms. The lowest BCUT2D eigenvalue weighted by Gasteiger charge is -2.25. The van der Waals surface area contributed by atoms with Crippen LogP contribution in [0.5, 0.6) is 0 Å². The van der Waals surface area contributed by atoms with Crippen molar-refractivity contribution in [2.75, 3.05) is 31.1 Å². The third-order valence-electron chi connectivity index (χ3n) is 4.68. The Morgan fingerprint density at radius 3 is 2.86 bits per heavy atom. The molecule has 2 heterocycles. The topological polar surface area (TPSA) is 99.2 Å². The average molecular weight is 391 g/mol. The van der Waals surface area contributed by atoms with Crippen molar-refractivity contribution in [1.29, 1.82) is 0 Å². The van der Waals surface area contributed by atoms with Crippen LogP contribution in [0.1, 0.15) is 25.3 Å². The van der Waals surface area contributed by atoms with Crippen LogP contribution in [0, 0.1) is 5.82 Å². The monoisotopic (exact) mass is 391 g/mol. The average Bonchev–Trinajstić information content (AvgIpc) is 3.06. The molecule has 0 radical (unpaired) electrons. The summed E-state index contributed by atoms with van der Waals surface area (Å²) < 4.78 is 19.9. The van der Waals surface area contributed by atoms with E-state index in [1.165, 1.54) is 22.8 Å². The fraction of sp³-hybridized carbons (Fsp3) is 0.421. The Morgan fingerprint density at radius 2 is 2.18 bits per heavy atom. The van der Waals surface area contributed by atoms with Gasteiger partial charge in [0, 0.05) is 25.2 Å². The predicted octanol–water partition coefficient (Wildman–Crippen LogP) is 1.24. The highest BCUT2D eigenvalue weighted by molar-refractivity contribution is 5.90. The largest absolute Gasteiger partial charge is 0.442 e. The maximum atomic E-state index is 14.7. The first-order valence-corrected chi connectivity index (χ1v) is 9.02. The number of halogens is 1. The molecule has 1 unspecified atom stereocenters. The zero-order chi connectivity index (χ0) is 20.3. The summed E-state index contributed by atoms with van der Waals surface area (Å²) in [5.41, 5.74) is 1.36. The highest BCUT2D eigenvalue weighted by Crippen LogP contribution is 2.30. The van der Waals surface area contributed by atoms with Gasteiger partial charge in [-0.3, -0.25) is 14.5 Å². The van der Waals surface area contributed by atoms with Gasteiger partial charge in [0.05, 0.1) is 18.8 Å². The van der Waals surface area contributed by atoms with Crippen LogP contribution < -0.4 is 10.2 Å². The lowest BCUT2D eigenvalue weighted by molar-refractivity contribution is -0.131. The van der Waals surface area contributed by atoms with Crippen molar-refractivity contribution >= 4 is 29.2 Å². The van der Waals surface area contributed by atoms with Crippen molar-refractivity contribution in [2.45, 2.75) is 25.9 Å². The van der Waals surface area contributed by atoms with Crippen molar-refractivity contribution in [2.24, 2.45) is 0 Å². The molecule has 3 rings (SSSR count). The highest BCUT2D eigenvalue weighted by atomic mass is 19.1. The van der Waals surface area contributed by atoms with Crippen molar-refractivity contribution < 1.29 is 28.6 Å². The molecule has 150 valence electrons. The van der Waals surface area contributed by atoms with E-state index in [1.807, 2.05) is 0 Å². The first-order valence-electron chi connectivity index (χ1n) is 9.02. The van der Waals surface area contributed by atoms with Crippen molar-refractivity contribution in [3.63, 3.8) is 0 Å². The highest BCUT2D eigenvalue weighted by Gasteiger charge is 2.33. The van der Waals surface area contributed by atoms with Crippen LogP contribution >= 0.6 is 0 Å². The minimum Gasteiger partial charge on any atom is -0.442 e. The van der Waals surface area contributed by atoms with Crippen molar-refractivity contribution in [3.8, 4) is 0 Å². The second-order valence-electron chi connectivity index (χ2n) is 6.72. The van der Waals surface area contributed by atoms with Gasteiger partial charge in [0.1, 0.15) is 18.5 Å². The first-order chi connectivity index (χ1) is 13.4. The zero-order valence-electron chi connectivity index (χ0n) is 15.5. The maximum Gasteiger partial charge on any atom is 0.414 e. The summed E-state index contributed by atoms with van der Waals surface area (Å²) in [7, 11) is 0. The number of rotatable bonds is 5. The molecule has 1 saturated heterocycles. The van der Waals surface area contributed by atoms with E-state index < -0.39 is 30.5 Å². The second-order valence-corrected chi connectivity index (χ2v) is 6.72. The lowest BCUT2D eigenvalue weighted by Crippen LogP contribution is -2.33. The Morgan fingerprint density at radius 1 is 1.39 bits per heavy atom. The summed E-state index contributed by atoms with van der Waals surface area (Å²) in [6, 6.07) is 4.44. The van der Waals surface area contributed by atoms with Crippen LogP contribution in [0.4, 0.5) is 14.9 Å². The number of anilines is 1. The van der Waals surface area contributed by atoms with Gasteiger partial charge < -0.3 is 20.1 Å². The number of carbonyl (C=O) groups is 3. The number of amides is 3. The zero-order valence-corrected chi connectivity index (χ0v) is 15.5. The Bertz CT molecular complexity index is 826. The lowest BCUT2D eigenvalue weighted by atomic mass is 9.98. The molecule has 8 nitrogen and oxygen atoms in total.